The van der Waals surface area contributed by atoms with Crippen molar-refractivity contribution in [1.29, 1.82) is 0 Å². The van der Waals surface area contributed by atoms with E-state index in [1.54, 1.807) is 30.3 Å². The maximum Gasteiger partial charge on any atom is 0.238 e. The fourth-order valence-corrected chi connectivity index (χ4v) is 3.06. The van der Waals surface area contributed by atoms with E-state index in [-0.39, 0.29) is 24.4 Å². The van der Waals surface area contributed by atoms with Crippen molar-refractivity contribution in [3.63, 3.8) is 0 Å². The van der Waals surface area contributed by atoms with Crippen molar-refractivity contribution in [2.75, 3.05) is 24.3 Å². The van der Waals surface area contributed by atoms with Gasteiger partial charge in [0.05, 0.1) is 19.3 Å². The summed E-state index contributed by atoms with van der Waals surface area (Å²) in [5.41, 5.74) is 1.87. The van der Waals surface area contributed by atoms with Crippen LogP contribution < -0.4 is 20.7 Å². The normalized spacial score (nSPS) is 11.6. The Hall–Kier alpha value is -2.28. The molecule has 0 aliphatic heterocycles. The fraction of sp³-hybridized carbons (Fsp3) is 0.263. The van der Waals surface area contributed by atoms with Crippen molar-refractivity contribution >= 4 is 46.4 Å². The first-order chi connectivity index (χ1) is 12.8. The molecule has 0 spiro atoms. The Bertz CT molecular complexity index is 843. The highest BCUT2D eigenvalue weighted by molar-refractivity contribution is 6.35. The minimum absolute atomic E-state index is 0.0631. The summed E-state index contributed by atoms with van der Waals surface area (Å²) in [6.45, 7) is 3.38. The molecule has 0 saturated carbocycles. The molecule has 2 aromatic carbocycles. The molecule has 8 heteroatoms. The van der Waals surface area contributed by atoms with E-state index in [1.165, 1.54) is 14.0 Å². The molecule has 0 aliphatic rings. The second-order valence-electron chi connectivity index (χ2n) is 5.91. The predicted octanol–water partition coefficient (Wildman–Crippen LogP) is 4.25. The summed E-state index contributed by atoms with van der Waals surface area (Å²) in [5.74, 6) is 0.0317. The number of hydrogen-bond acceptors (Lipinski definition) is 4. The summed E-state index contributed by atoms with van der Waals surface area (Å²) in [5, 5.41) is 9.64. The summed E-state index contributed by atoms with van der Waals surface area (Å²) in [4.78, 5) is 23.5. The lowest BCUT2D eigenvalue weighted by atomic mass is 10.1. The quantitative estimate of drug-likeness (QED) is 0.638. The number of nitrogens with one attached hydrogen (secondary N) is 3. The summed E-state index contributed by atoms with van der Waals surface area (Å²) >= 11 is 12.1. The molecule has 2 rings (SSSR count). The molecular weight excluding hydrogens is 389 g/mol. The van der Waals surface area contributed by atoms with Crippen LogP contribution in [0.4, 0.5) is 11.4 Å². The van der Waals surface area contributed by atoms with Crippen molar-refractivity contribution in [3.8, 4) is 5.75 Å². The standard InChI is InChI=1S/C19H21Cl2N3O3/c1-11(15-6-4-13(20)8-16(15)21)22-10-19(26)24-17-9-14(23-12(2)25)5-7-18(17)27-3/h4-9,11,22H,10H2,1-3H3,(H,23,25)(H,24,26)/t11-/m1/s1. The molecule has 0 fully saturated rings. The van der Waals surface area contributed by atoms with Gasteiger partial charge in [0.25, 0.3) is 0 Å². The summed E-state index contributed by atoms with van der Waals surface area (Å²) in [6, 6.07) is 10.1. The number of methoxy groups -OCH3 is 1. The van der Waals surface area contributed by atoms with E-state index >= 15 is 0 Å². The van der Waals surface area contributed by atoms with Crippen LogP contribution >= 0.6 is 23.2 Å². The van der Waals surface area contributed by atoms with Gasteiger partial charge in [0.1, 0.15) is 5.75 Å². The monoisotopic (exact) mass is 409 g/mol. The molecule has 0 radical (unpaired) electrons. The fourth-order valence-electron chi connectivity index (χ4n) is 2.49. The Labute approximate surface area is 168 Å². The van der Waals surface area contributed by atoms with E-state index in [9.17, 15) is 9.59 Å². The first-order valence-electron chi connectivity index (χ1n) is 8.24. The van der Waals surface area contributed by atoms with Gasteiger partial charge < -0.3 is 20.7 Å². The van der Waals surface area contributed by atoms with Crippen LogP contribution in [0, 0.1) is 0 Å². The second-order valence-corrected chi connectivity index (χ2v) is 6.76. The highest BCUT2D eigenvalue weighted by Gasteiger charge is 2.13. The minimum Gasteiger partial charge on any atom is -0.495 e. The van der Waals surface area contributed by atoms with Crippen molar-refractivity contribution in [2.45, 2.75) is 19.9 Å². The number of rotatable bonds is 7. The van der Waals surface area contributed by atoms with Crippen molar-refractivity contribution < 1.29 is 14.3 Å². The Morgan fingerprint density at radius 1 is 1.11 bits per heavy atom. The molecule has 2 aromatic rings. The van der Waals surface area contributed by atoms with Crippen molar-refractivity contribution in [2.24, 2.45) is 0 Å². The number of benzene rings is 2. The van der Waals surface area contributed by atoms with Gasteiger partial charge in [-0.25, -0.2) is 0 Å². The molecule has 3 N–H and O–H groups in total. The van der Waals surface area contributed by atoms with Crippen LogP contribution in [0.5, 0.6) is 5.75 Å². The number of halogens is 2. The minimum atomic E-state index is -0.259. The number of ether oxygens (including phenoxy) is 1. The first kappa shape index (κ1) is 21.0. The number of hydrogen-bond donors (Lipinski definition) is 3. The van der Waals surface area contributed by atoms with Gasteiger partial charge in [0, 0.05) is 28.7 Å². The van der Waals surface area contributed by atoms with Gasteiger partial charge in [-0.3, -0.25) is 9.59 Å². The van der Waals surface area contributed by atoms with Crippen LogP contribution in [0.25, 0.3) is 0 Å². The van der Waals surface area contributed by atoms with Gasteiger partial charge in [0.2, 0.25) is 11.8 Å². The molecule has 0 heterocycles. The molecule has 0 bridgehead atoms. The van der Waals surface area contributed by atoms with Crippen molar-refractivity contribution in [3.05, 3.63) is 52.0 Å². The highest BCUT2D eigenvalue weighted by Crippen LogP contribution is 2.28. The Kier molecular flexibility index (Phi) is 7.47. The number of carbonyl (C=O) groups is 2. The number of carbonyl (C=O) groups excluding carboxylic acids is 2. The Morgan fingerprint density at radius 3 is 2.48 bits per heavy atom. The van der Waals surface area contributed by atoms with E-state index in [1.807, 2.05) is 13.0 Å². The molecule has 0 aliphatic carbocycles. The summed E-state index contributed by atoms with van der Waals surface area (Å²) in [7, 11) is 1.51. The lowest BCUT2D eigenvalue weighted by molar-refractivity contribution is -0.115. The summed E-state index contributed by atoms with van der Waals surface area (Å²) < 4.78 is 5.25. The second kappa shape index (κ2) is 9.60. The number of anilines is 2. The van der Waals surface area contributed by atoms with E-state index in [0.29, 0.717) is 27.2 Å². The van der Waals surface area contributed by atoms with E-state index < -0.39 is 0 Å². The molecule has 2 amide bonds. The number of amides is 2. The lowest BCUT2D eigenvalue weighted by Crippen LogP contribution is -2.30. The largest absolute Gasteiger partial charge is 0.495 e. The van der Waals surface area contributed by atoms with Crippen LogP contribution in [0.3, 0.4) is 0 Å². The lowest BCUT2D eigenvalue weighted by Gasteiger charge is -2.17. The summed E-state index contributed by atoms with van der Waals surface area (Å²) in [6.07, 6.45) is 0. The molecule has 27 heavy (non-hydrogen) atoms. The average molecular weight is 410 g/mol. The van der Waals surface area contributed by atoms with E-state index in [0.717, 1.165) is 5.56 Å². The van der Waals surface area contributed by atoms with E-state index in [2.05, 4.69) is 16.0 Å². The van der Waals surface area contributed by atoms with Gasteiger partial charge in [-0.2, -0.15) is 0 Å². The maximum absolute atomic E-state index is 12.3. The zero-order valence-electron chi connectivity index (χ0n) is 15.2. The molecule has 0 saturated heterocycles. The smallest absolute Gasteiger partial charge is 0.238 e. The zero-order chi connectivity index (χ0) is 20.0. The highest BCUT2D eigenvalue weighted by atomic mass is 35.5. The van der Waals surface area contributed by atoms with Gasteiger partial charge in [-0.05, 0) is 42.8 Å². The third kappa shape index (κ3) is 6.13. The van der Waals surface area contributed by atoms with Gasteiger partial charge in [-0.1, -0.05) is 29.3 Å². The van der Waals surface area contributed by atoms with Gasteiger partial charge >= 0.3 is 0 Å². The average Bonchev–Trinajstić information content (AvgIpc) is 2.59. The Balaban J connectivity index is 2.01. The molecular formula is C19H21Cl2N3O3. The van der Waals surface area contributed by atoms with Gasteiger partial charge in [-0.15, -0.1) is 0 Å². The first-order valence-corrected chi connectivity index (χ1v) is 8.99. The maximum atomic E-state index is 12.3. The third-order valence-electron chi connectivity index (χ3n) is 3.79. The van der Waals surface area contributed by atoms with Crippen LogP contribution in [0.15, 0.2) is 36.4 Å². The SMILES string of the molecule is COc1ccc(NC(C)=O)cc1NC(=O)CN[C@H](C)c1ccc(Cl)cc1Cl. The van der Waals surface area contributed by atoms with Crippen LogP contribution in [0.1, 0.15) is 25.5 Å². The Morgan fingerprint density at radius 2 is 1.85 bits per heavy atom. The van der Waals surface area contributed by atoms with Crippen LogP contribution in [-0.2, 0) is 9.59 Å². The van der Waals surface area contributed by atoms with E-state index in [4.69, 9.17) is 27.9 Å². The topological polar surface area (TPSA) is 79.5 Å². The molecule has 6 nitrogen and oxygen atoms in total. The van der Waals surface area contributed by atoms with Gasteiger partial charge in [0.15, 0.2) is 0 Å². The van der Waals surface area contributed by atoms with Crippen LogP contribution in [0.2, 0.25) is 10.0 Å². The zero-order valence-corrected chi connectivity index (χ0v) is 16.7. The molecule has 0 unspecified atom stereocenters. The predicted molar refractivity (Wildman–Crippen MR) is 109 cm³/mol. The van der Waals surface area contributed by atoms with Crippen molar-refractivity contribution in [1.82, 2.24) is 5.32 Å². The molecule has 1 atom stereocenters. The van der Waals surface area contributed by atoms with Crippen LogP contribution in [-0.4, -0.2) is 25.5 Å². The molecule has 144 valence electrons. The molecule has 0 aromatic heterocycles. The third-order valence-corrected chi connectivity index (χ3v) is 4.35.